The van der Waals surface area contributed by atoms with Crippen LogP contribution in [0.1, 0.15) is 33.1 Å². The second-order valence-corrected chi connectivity index (χ2v) is 7.30. The minimum absolute atomic E-state index is 0.107. The topological polar surface area (TPSA) is 26.3 Å². The fraction of sp³-hybridized carbons (Fsp3) is 0.812. The van der Waals surface area contributed by atoms with Crippen LogP contribution in [0, 0.1) is 35.0 Å². The van der Waals surface area contributed by atoms with E-state index in [0.717, 1.165) is 18.8 Å². The van der Waals surface area contributed by atoms with Crippen LogP contribution in [-0.2, 0) is 9.53 Å². The third-order valence-corrected chi connectivity index (χ3v) is 6.19. The molecule has 3 saturated carbocycles. The van der Waals surface area contributed by atoms with Crippen molar-refractivity contribution in [3.8, 4) is 0 Å². The lowest BCUT2D eigenvalue weighted by molar-refractivity contribution is -0.128. The Kier molecular flexibility index (Phi) is 2.04. The quantitative estimate of drug-likeness (QED) is 0.665. The van der Waals surface area contributed by atoms with Gasteiger partial charge in [0.05, 0.1) is 18.1 Å². The summed E-state index contributed by atoms with van der Waals surface area (Å²) in [6, 6.07) is 0. The largest absolute Gasteiger partial charge is 0.372 e. The molecule has 0 unspecified atom stereocenters. The summed E-state index contributed by atoms with van der Waals surface area (Å²) in [7, 11) is 0. The molecule has 6 atom stereocenters. The first-order valence-corrected chi connectivity index (χ1v) is 7.38. The molecule has 4 rings (SSSR count). The van der Waals surface area contributed by atoms with Gasteiger partial charge in [0.25, 0.3) is 0 Å². The normalized spacial score (nSPS) is 53.4. The first-order valence-electron chi connectivity index (χ1n) is 7.38. The predicted octanol–water partition coefficient (Wildman–Crippen LogP) is 2.83. The number of carbonyl (C=O) groups is 1. The van der Waals surface area contributed by atoms with Gasteiger partial charge in [-0.2, -0.15) is 0 Å². The minimum Gasteiger partial charge on any atom is -0.372 e. The number of fused-ring (bicyclic) bond motifs is 1. The molecule has 98 valence electrons. The van der Waals surface area contributed by atoms with Crippen LogP contribution in [0.15, 0.2) is 12.2 Å². The summed E-state index contributed by atoms with van der Waals surface area (Å²) >= 11 is 0. The van der Waals surface area contributed by atoms with Gasteiger partial charge in [-0.25, -0.2) is 0 Å². The minimum atomic E-state index is -0.107. The molecular formula is C16H22O2. The van der Waals surface area contributed by atoms with Crippen molar-refractivity contribution in [2.45, 2.75) is 39.2 Å². The van der Waals surface area contributed by atoms with Crippen LogP contribution in [-0.4, -0.2) is 18.5 Å². The van der Waals surface area contributed by atoms with Crippen LogP contribution in [0.3, 0.4) is 0 Å². The first-order chi connectivity index (χ1) is 8.55. The molecule has 1 saturated heterocycles. The van der Waals surface area contributed by atoms with Gasteiger partial charge in [0.1, 0.15) is 5.78 Å². The van der Waals surface area contributed by atoms with Gasteiger partial charge in [-0.05, 0) is 42.1 Å². The van der Waals surface area contributed by atoms with E-state index < -0.39 is 0 Å². The lowest BCUT2D eigenvalue weighted by atomic mass is 9.69. The lowest BCUT2D eigenvalue weighted by Gasteiger charge is -2.31. The standard InChI is InChI=1S/C16H22O2/c1-8(2)11-6-13(17)16-7-18-15(14(11)16)9(3)4-10-5-12(10)16/h8,10-12,14-15H,3-7H2,1-2H3/t10-,11-,12+,14-,15-,16+/m0/s1. The van der Waals surface area contributed by atoms with Crippen molar-refractivity contribution in [1.82, 2.24) is 0 Å². The fourth-order valence-electron chi connectivity index (χ4n) is 5.24. The summed E-state index contributed by atoms with van der Waals surface area (Å²) in [6.45, 7) is 9.47. The zero-order valence-corrected chi connectivity index (χ0v) is 11.3. The number of hydrogen-bond acceptors (Lipinski definition) is 2. The monoisotopic (exact) mass is 246 g/mol. The highest BCUT2D eigenvalue weighted by atomic mass is 16.5. The van der Waals surface area contributed by atoms with Gasteiger partial charge in [0.15, 0.2) is 0 Å². The smallest absolute Gasteiger partial charge is 0.142 e. The Labute approximate surface area is 109 Å². The molecular weight excluding hydrogens is 224 g/mol. The van der Waals surface area contributed by atoms with Gasteiger partial charge in [0, 0.05) is 12.3 Å². The lowest BCUT2D eigenvalue weighted by Crippen LogP contribution is -2.37. The molecule has 4 fully saturated rings. The molecule has 3 aliphatic carbocycles. The van der Waals surface area contributed by atoms with Gasteiger partial charge in [-0.3, -0.25) is 4.79 Å². The Bertz CT molecular complexity index is 438. The molecule has 2 heteroatoms. The highest BCUT2D eigenvalue weighted by Crippen LogP contribution is 2.69. The van der Waals surface area contributed by atoms with Crippen molar-refractivity contribution >= 4 is 5.78 Å². The van der Waals surface area contributed by atoms with E-state index in [4.69, 9.17) is 4.74 Å². The van der Waals surface area contributed by atoms with Gasteiger partial charge < -0.3 is 4.74 Å². The maximum absolute atomic E-state index is 12.7. The Morgan fingerprint density at radius 3 is 2.89 bits per heavy atom. The molecule has 0 aromatic heterocycles. The van der Waals surface area contributed by atoms with Crippen LogP contribution in [0.4, 0.5) is 0 Å². The van der Waals surface area contributed by atoms with Gasteiger partial charge in [-0.15, -0.1) is 0 Å². The SMILES string of the molecule is C=C1C[C@H]2C[C@H]2[C@@]23CO[C@@H]1[C@@H]2[C@H](C(C)C)CC3=O. The van der Waals surface area contributed by atoms with Crippen molar-refractivity contribution < 1.29 is 9.53 Å². The van der Waals surface area contributed by atoms with E-state index in [9.17, 15) is 4.79 Å². The van der Waals surface area contributed by atoms with Crippen molar-refractivity contribution in [3.63, 3.8) is 0 Å². The molecule has 2 bridgehead atoms. The van der Waals surface area contributed by atoms with Gasteiger partial charge >= 0.3 is 0 Å². The van der Waals surface area contributed by atoms with E-state index in [0.29, 0.717) is 36.1 Å². The van der Waals surface area contributed by atoms with Crippen LogP contribution in [0.2, 0.25) is 0 Å². The molecule has 0 N–H and O–H groups in total. The molecule has 4 aliphatic rings. The van der Waals surface area contributed by atoms with E-state index >= 15 is 0 Å². The maximum atomic E-state index is 12.7. The van der Waals surface area contributed by atoms with Crippen LogP contribution >= 0.6 is 0 Å². The highest BCUT2D eigenvalue weighted by Gasteiger charge is 2.71. The molecule has 0 amide bonds. The second kappa shape index (κ2) is 3.27. The van der Waals surface area contributed by atoms with Crippen LogP contribution in [0.5, 0.6) is 0 Å². The molecule has 18 heavy (non-hydrogen) atoms. The number of rotatable bonds is 1. The number of carbonyl (C=O) groups excluding carboxylic acids is 1. The van der Waals surface area contributed by atoms with Crippen molar-refractivity contribution in [1.29, 1.82) is 0 Å². The highest BCUT2D eigenvalue weighted by molar-refractivity contribution is 5.89. The zero-order chi connectivity index (χ0) is 12.7. The van der Waals surface area contributed by atoms with E-state index in [1.165, 1.54) is 12.0 Å². The summed E-state index contributed by atoms with van der Waals surface area (Å²) < 4.78 is 6.05. The van der Waals surface area contributed by atoms with Crippen LogP contribution in [0.25, 0.3) is 0 Å². The maximum Gasteiger partial charge on any atom is 0.142 e. The number of hydrogen-bond donors (Lipinski definition) is 0. The Hall–Kier alpha value is -0.630. The third kappa shape index (κ3) is 1.11. The summed E-state index contributed by atoms with van der Waals surface area (Å²) in [4.78, 5) is 12.7. The average molecular weight is 246 g/mol. The van der Waals surface area contributed by atoms with Gasteiger partial charge in [-0.1, -0.05) is 20.4 Å². The first kappa shape index (κ1) is 11.2. The molecule has 0 radical (unpaired) electrons. The Morgan fingerprint density at radius 1 is 1.39 bits per heavy atom. The summed E-state index contributed by atoms with van der Waals surface area (Å²) in [5.74, 6) is 3.40. The molecule has 1 heterocycles. The Morgan fingerprint density at radius 2 is 2.17 bits per heavy atom. The van der Waals surface area contributed by atoms with E-state index in [1.807, 2.05) is 0 Å². The summed E-state index contributed by atoms with van der Waals surface area (Å²) in [5, 5.41) is 0. The average Bonchev–Trinajstić information content (AvgIpc) is 2.86. The van der Waals surface area contributed by atoms with Crippen LogP contribution < -0.4 is 0 Å². The molecule has 0 aromatic rings. The van der Waals surface area contributed by atoms with E-state index in [1.54, 1.807) is 0 Å². The zero-order valence-electron chi connectivity index (χ0n) is 11.3. The van der Waals surface area contributed by atoms with Crippen molar-refractivity contribution in [2.24, 2.45) is 35.0 Å². The van der Waals surface area contributed by atoms with Crippen molar-refractivity contribution in [2.75, 3.05) is 6.61 Å². The van der Waals surface area contributed by atoms with Crippen molar-refractivity contribution in [3.05, 3.63) is 12.2 Å². The number of ketones is 1. The van der Waals surface area contributed by atoms with E-state index in [2.05, 4.69) is 20.4 Å². The molecule has 0 aromatic carbocycles. The second-order valence-electron chi connectivity index (χ2n) is 7.30. The fourth-order valence-corrected chi connectivity index (χ4v) is 5.24. The number of Topliss-reactive ketones (excluding diaryl/α,β-unsaturated/α-hetero) is 1. The van der Waals surface area contributed by atoms with E-state index in [-0.39, 0.29) is 11.5 Å². The molecule has 0 spiro atoms. The number of ether oxygens (including phenoxy) is 1. The predicted molar refractivity (Wildman–Crippen MR) is 69.0 cm³/mol. The summed E-state index contributed by atoms with van der Waals surface area (Å²) in [6.07, 6.45) is 3.31. The Balaban J connectivity index is 1.84. The molecule has 2 nitrogen and oxygen atoms in total. The van der Waals surface area contributed by atoms with Gasteiger partial charge in [0.2, 0.25) is 0 Å². The third-order valence-electron chi connectivity index (χ3n) is 6.19. The summed E-state index contributed by atoms with van der Waals surface area (Å²) in [5.41, 5.74) is 1.16. The molecule has 1 aliphatic heterocycles.